The molecule has 0 saturated carbocycles. The molecule has 1 N–H and O–H groups in total. The van der Waals surface area contributed by atoms with Crippen LogP contribution in [0.5, 0.6) is 0 Å². The van der Waals surface area contributed by atoms with Crippen molar-refractivity contribution in [3.63, 3.8) is 0 Å². The zero-order valence-corrected chi connectivity index (χ0v) is 13.3. The molecule has 1 atom stereocenters. The third-order valence-corrected chi connectivity index (χ3v) is 4.57. The molecule has 0 amide bonds. The number of nitrogens with one attached hydrogen (secondary N) is 1. The first-order valence-electron chi connectivity index (χ1n) is 7.64. The summed E-state index contributed by atoms with van der Waals surface area (Å²) in [6.45, 7) is 3.12. The molecule has 0 bridgehead atoms. The monoisotopic (exact) mass is 323 g/mol. The Morgan fingerprint density at radius 2 is 2.13 bits per heavy atom. The minimum Gasteiger partial charge on any atom is -0.464 e. The standard InChI is InChI=1S/C15H21N3O5/c1-21-13(19)11-5-12(14(20)22-2)18(17-11)6-10-3-4-15(9-23-10)7-16-8-15/h5,10,16H,3-4,6-9H2,1-2H3. The lowest BCUT2D eigenvalue weighted by Crippen LogP contribution is -2.58. The van der Waals surface area contributed by atoms with Gasteiger partial charge in [-0.25, -0.2) is 9.59 Å². The van der Waals surface area contributed by atoms with Crippen LogP contribution in [0.1, 0.15) is 33.8 Å². The van der Waals surface area contributed by atoms with E-state index in [1.807, 2.05) is 0 Å². The Kier molecular flexibility index (Phi) is 4.36. The zero-order chi connectivity index (χ0) is 16.4. The van der Waals surface area contributed by atoms with E-state index in [2.05, 4.69) is 15.2 Å². The number of carbonyl (C=O) groups excluding carboxylic acids is 2. The second-order valence-electron chi connectivity index (χ2n) is 6.16. The van der Waals surface area contributed by atoms with E-state index in [0.29, 0.717) is 13.2 Å². The van der Waals surface area contributed by atoms with Gasteiger partial charge in [0.05, 0.1) is 33.5 Å². The molecule has 2 fully saturated rings. The molecule has 1 spiro atoms. The van der Waals surface area contributed by atoms with Crippen LogP contribution in [0.2, 0.25) is 0 Å². The third kappa shape index (κ3) is 3.09. The molecular weight excluding hydrogens is 302 g/mol. The fourth-order valence-electron chi connectivity index (χ4n) is 3.04. The smallest absolute Gasteiger partial charge is 0.358 e. The number of carbonyl (C=O) groups is 2. The lowest BCUT2D eigenvalue weighted by atomic mass is 9.76. The van der Waals surface area contributed by atoms with Crippen molar-refractivity contribution in [1.82, 2.24) is 15.1 Å². The van der Waals surface area contributed by atoms with Crippen molar-refractivity contribution >= 4 is 11.9 Å². The van der Waals surface area contributed by atoms with Gasteiger partial charge < -0.3 is 19.5 Å². The quantitative estimate of drug-likeness (QED) is 0.793. The van der Waals surface area contributed by atoms with Crippen LogP contribution in [0.25, 0.3) is 0 Å². The number of methoxy groups -OCH3 is 2. The SMILES string of the molecule is COC(=O)c1cc(C(=O)OC)n(CC2CCC3(CNC3)CO2)n1. The van der Waals surface area contributed by atoms with Crippen molar-refractivity contribution in [3.05, 3.63) is 17.5 Å². The Morgan fingerprint density at radius 3 is 2.65 bits per heavy atom. The molecule has 2 saturated heterocycles. The van der Waals surface area contributed by atoms with Gasteiger partial charge in [-0.2, -0.15) is 5.10 Å². The Balaban J connectivity index is 1.72. The van der Waals surface area contributed by atoms with E-state index in [1.165, 1.54) is 25.0 Å². The predicted octanol–water partition coefficient (Wildman–Crippen LogP) is 0.225. The van der Waals surface area contributed by atoms with Gasteiger partial charge in [0.1, 0.15) is 5.69 Å². The van der Waals surface area contributed by atoms with Gasteiger partial charge in [-0.1, -0.05) is 0 Å². The van der Waals surface area contributed by atoms with E-state index in [1.54, 1.807) is 0 Å². The Bertz CT molecular complexity index is 598. The Hall–Kier alpha value is -1.93. The Labute approximate surface area is 134 Å². The Morgan fingerprint density at radius 1 is 1.39 bits per heavy atom. The molecule has 2 aliphatic rings. The number of rotatable bonds is 4. The van der Waals surface area contributed by atoms with Crippen LogP contribution in [0.15, 0.2) is 6.07 Å². The van der Waals surface area contributed by atoms with Crippen LogP contribution < -0.4 is 5.32 Å². The molecule has 3 rings (SSSR count). The van der Waals surface area contributed by atoms with E-state index in [-0.39, 0.29) is 22.9 Å². The second kappa shape index (κ2) is 6.29. The topological polar surface area (TPSA) is 91.7 Å². The van der Waals surface area contributed by atoms with Crippen molar-refractivity contribution in [3.8, 4) is 0 Å². The molecule has 8 nitrogen and oxygen atoms in total. The highest BCUT2D eigenvalue weighted by molar-refractivity contribution is 5.93. The summed E-state index contributed by atoms with van der Waals surface area (Å²) in [5.74, 6) is -1.12. The molecular formula is C15H21N3O5. The summed E-state index contributed by atoms with van der Waals surface area (Å²) in [7, 11) is 2.57. The lowest BCUT2D eigenvalue weighted by molar-refractivity contribution is -0.0897. The normalized spacial score (nSPS) is 22.4. The van der Waals surface area contributed by atoms with Gasteiger partial charge in [0.2, 0.25) is 0 Å². The summed E-state index contributed by atoms with van der Waals surface area (Å²) >= 11 is 0. The first-order valence-corrected chi connectivity index (χ1v) is 7.64. The van der Waals surface area contributed by atoms with Gasteiger partial charge in [0.25, 0.3) is 0 Å². The third-order valence-electron chi connectivity index (χ3n) is 4.57. The van der Waals surface area contributed by atoms with Gasteiger partial charge in [0.15, 0.2) is 5.69 Å². The molecule has 126 valence electrons. The van der Waals surface area contributed by atoms with Crippen LogP contribution in [-0.4, -0.2) is 61.7 Å². The average molecular weight is 323 g/mol. The van der Waals surface area contributed by atoms with Crippen molar-refractivity contribution in [1.29, 1.82) is 0 Å². The van der Waals surface area contributed by atoms with Gasteiger partial charge in [-0.15, -0.1) is 0 Å². The highest BCUT2D eigenvalue weighted by atomic mass is 16.5. The average Bonchev–Trinajstić information content (AvgIpc) is 2.96. The van der Waals surface area contributed by atoms with E-state index < -0.39 is 11.9 Å². The van der Waals surface area contributed by atoms with Crippen LogP contribution in [0.4, 0.5) is 0 Å². The highest BCUT2D eigenvalue weighted by Gasteiger charge is 2.41. The summed E-state index contributed by atoms with van der Waals surface area (Å²) in [5, 5.41) is 7.44. The van der Waals surface area contributed by atoms with E-state index in [4.69, 9.17) is 9.47 Å². The molecule has 1 aromatic rings. The first kappa shape index (κ1) is 15.9. The maximum absolute atomic E-state index is 11.9. The van der Waals surface area contributed by atoms with Gasteiger partial charge in [-0.3, -0.25) is 4.68 Å². The highest BCUT2D eigenvalue weighted by Crippen LogP contribution is 2.34. The van der Waals surface area contributed by atoms with Crippen LogP contribution in [0, 0.1) is 5.41 Å². The molecule has 0 radical (unpaired) electrons. The van der Waals surface area contributed by atoms with Crippen LogP contribution >= 0.6 is 0 Å². The van der Waals surface area contributed by atoms with Crippen molar-refractivity contribution in [2.24, 2.45) is 5.41 Å². The fraction of sp³-hybridized carbons (Fsp3) is 0.667. The maximum atomic E-state index is 11.9. The minimum atomic E-state index is -0.585. The van der Waals surface area contributed by atoms with E-state index >= 15 is 0 Å². The number of aromatic nitrogens is 2. The van der Waals surface area contributed by atoms with E-state index in [0.717, 1.165) is 25.9 Å². The summed E-state index contributed by atoms with van der Waals surface area (Å²) < 4.78 is 16.8. The van der Waals surface area contributed by atoms with Crippen LogP contribution in [-0.2, 0) is 20.8 Å². The molecule has 8 heteroatoms. The molecule has 1 aromatic heterocycles. The van der Waals surface area contributed by atoms with Gasteiger partial charge in [0, 0.05) is 24.6 Å². The van der Waals surface area contributed by atoms with Gasteiger partial charge in [-0.05, 0) is 12.8 Å². The van der Waals surface area contributed by atoms with Crippen molar-refractivity contribution in [2.75, 3.05) is 33.9 Å². The number of esters is 2. The molecule has 3 heterocycles. The minimum absolute atomic E-state index is 0.0324. The van der Waals surface area contributed by atoms with Crippen molar-refractivity contribution < 1.29 is 23.8 Å². The zero-order valence-electron chi connectivity index (χ0n) is 13.3. The largest absolute Gasteiger partial charge is 0.464 e. The molecule has 23 heavy (non-hydrogen) atoms. The summed E-state index contributed by atoms with van der Waals surface area (Å²) in [4.78, 5) is 23.5. The summed E-state index contributed by atoms with van der Waals surface area (Å²) in [6, 6.07) is 1.39. The fourth-order valence-corrected chi connectivity index (χ4v) is 3.04. The maximum Gasteiger partial charge on any atom is 0.358 e. The number of ether oxygens (including phenoxy) is 3. The predicted molar refractivity (Wildman–Crippen MR) is 79.2 cm³/mol. The molecule has 0 aromatic carbocycles. The lowest BCUT2D eigenvalue weighted by Gasteiger charge is -2.47. The summed E-state index contributed by atoms with van der Waals surface area (Å²) in [6.07, 6.45) is 1.95. The van der Waals surface area contributed by atoms with Gasteiger partial charge >= 0.3 is 11.9 Å². The molecule has 0 aliphatic carbocycles. The first-order chi connectivity index (χ1) is 11.1. The molecule has 1 unspecified atom stereocenters. The van der Waals surface area contributed by atoms with Crippen molar-refractivity contribution in [2.45, 2.75) is 25.5 Å². The summed E-state index contributed by atoms with van der Waals surface area (Å²) in [5.41, 5.74) is 0.591. The van der Waals surface area contributed by atoms with E-state index in [9.17, 15) is 9.59 Å². The molecule has 2 aliphatic heterocycles. The number of hydrogen-bond donors (Lipinski definition) is 1. The van der Waals surface area contributed by atoms with Crippen LogP contribution in [0.3, 0.4) is 0 Å². The second-order valence-corrected chi connectivity index (χ2v) is 6.16. The number of hydrogen-bond acceptors (Lipinski definition) is 7. The number of nitrogens with zero attached hydrogens (tertiary/aromatic N) is 2.